The molecule has 16 heavy (non-hydrogen) atoms. The number of methoxy groups -OCH3 is 2. The normalized spacial score (nSPS) is 24.2. The quantitative estimate of drug-likeness (QED) is 0.596. The molecule has 1 aliphatic carbocycles. The lowest BCUT2D eigenvalue weighted by Crippen LogP contribution is -2.34. The first-order valence-electron chi connectivity index (χ1n) is 4.49. The van der Waals surface area contributed by atoms with Crippen LogP contribution < -0.4 is 5.73 Å². The van der Waals surface area contributed by atoms with Gasteiger partial charge in [0.2, 0.25) is 0 Å². The molecule has 5 nitrogen and oxygen atoms in total. The Labute approximate surface area is 101 Å². The van der Waals surface area contributed by atoms with E-state index in [2.05, 4.69) is 25.4 Å². The van der Waals surface area contributed by atoms with Gasteiger partial charge in [-0.15, -0.1) is 0 Å². The van der Waals surface area contributed by atoms with Crippen LogP contribution in [0, 0.1) is 0 Å². The standard InChI is InChI=1S/C10H12BrNO4/c1-15-8(13)6-3-4-10(11,5-7(6)12)9(14)16-2/h3,5H,4,12H2,1-2H3. The molecule has 88 valence electrons. The van der Waals surface area contributed by atoms with Crippen molar-refractivity contribution in [2.75, 3.05) is 14.2 Å². The minimum Gasteiger partial charge on any atom is -0.468 e. The van der Waals surface area contributed by atoms with E-state index in [1.807, 2.05) is 0 Å². The molecule has 0 aromatic heterocycles. The van der Waals surface area contributed by atoms with Crippen LogP contribution in [0.15, 0.2) is 23.4 Å². The van der Waals surface area contributed by atoms with Gasteiger partial charge in [-0.1, -0.05) is 22.0 Å². The van der Waals surface area contributed by atoms with Crippen molar-refractivity contribution in [3.05, 3.63) is 23.4 Å². The molecular weight excluding hydrogens is 278 g/mol. The molecule has 2 N–H and O–H groups in total. The van der Waals surface area contributed by atoms with Gasteiger partial charge >= 0.3 is 11.9 Å². The highest BCUT2D eigenvalue weighted by Crippen LogP contribution is 2.33. The van der Waals surface area contributed by atoms with Gasteiger partial charge in [0.25, 0.3) is 0 Å². The molecule has 0 aromatic carbocycles. The summed E-state index contributed by atoms with van der Waals surface area (Å²) in [5.41, 5.74) is 6.14. The van der Waals surface area contributed by atoms with E-state index >= 15 is 0 Å². The third-order valence-corrected chi connectivity index (χ3v) is 3.10. The van der Waals surface area contributed by atoms with Crippen molar-refractivity contribution in [1.82, 2.24) is 0 Å². The molecule has 0 radical (unpaired) electrons. The molecule has 1 rings (SSSR count). The summed E-state index contributed by atoms with van der Waals surface area (Å²) in [4.78, 5) is 22.8. The number of hydrogen-bond acceptors (Lipinski definition) is 5. The molecule has 1 unspecified atom stereocenters. The number of nitrogens with two attached hydrogens (primary N) is 1. The Bertz CT molecular complexity index is 388. The van der Waals surface area contributed by atoms with Crippen LogP contribution in [0.1, 0.15) is 6.42 Å². The smallest absolute Gasteiger partial charge is 0.339 e. The van der Waals surface area contributed by atoms with E-state index in [0.717, 1.165) is 0 Å². The third-order valence-electron chi connectivity index (χ3n) is 2.23. The van der Waals surface area contributed by atoms with Gasteiger partial charge in [0.1, 0.15) is 4.32 Å². The van der Waals surface area contributed by atoms with E-state index in [4.69, 9.17) is 5.73 Å². The molecule has 0 saturated heterocycles. The lowest BCUT2D eigenvalue weighted by atomic mass is 9.94. The minimum absolute atomic E-state index is 0.195. The van der Waals surface area contributed by atoms with E-state index in [-0.39, 0.29) is 17.7 Å². The fourth-order valence-electron chi connectivity index (χ4n) is 1.37. The molecular formula is C10H12BrNO4. The summed E-state index contributed by atoms with van der Waals surface area (Å²) in [6.07, 6.45) is 3.28. The zero-order valence-electron chi connectivity index (χ0n) is 8.95. The van der Waals surface area contributed by atoms with Gasteiger partial charge < -0.3 is 15.2 Å². The molecule has 1 aliphatic rings. The number of ether oxygens (including phenoxy) is 2. The monoisotopic (exact) mass is 289 g/mol. The van der Waals surface area contributed by atoms with Crippen molar-refractivity contribution >= 4 is 27.9 Å². The second kappa shape index (κ2) is 4.69. The number of alkyl halides is 1. The SMILES string of the molecule is COC(=O)C1=CCC(Br)(C(=O)OC)C=C1N. The first kappa shape index (κ1) is 12.8. The number of rotatable bonds is 2. The van der Waals surface area contributed by atoms with E-state index in [1.165, 1.54) is 20.3 Å². The van der Waals surface area contributed by atoms with Gasteiger partial charge in [-0.05, 0) is 12.5 Å². The van der Waals surface area contributed by atoms with Crippen molar-refractivity contribution in [2.45, 2.75) is 10.7 Å². The summed E-state index contributed by atoms with van der Waals surface area (Å²) >= 11 is 3.23. The summed E-state index contributed by atoms with van der Waals surface area (Å²) < 4.78 is 8.19. The van der Waals surface area contributed by atoms with Crippen molar-refractivity contribution in [3.63, 3.8) is 0 Å². The molecule has 0 spiro atoms. The Morgan fingerprint density at radius 2 is 2.06 bits per heavy atom. The van der Waals surface area contributed by atoms with Crippen LogP contribution in [0.3, 0.4) is 0 Å². The second-order valence-electron chi connectivity index (χ2n) is 3.27. The maximum Gasteiger partial charge on any atom is 0.339 e. The Morgan fingerprint density at radius 3 is 2.50 bits per heavy atom. The van der Waals surface area contributed by atoms with Crippen molar-refractivity contribution in [1.29, 1.82) is 0 Å². The summed E-state index contributed by atoms with van der Waals surface area (Å²) in [7, 11) is 2.56. The molecule has 0 fully saturated rings. The van der Waals surface area contributed by atoms with Crippen LogP contribution >= 0.6 is 15.9 Å². The Kier molecular flexibility index (Phi) is 3.74. The summed E-state index contributed by atoms with van der Waals surface area (Å²) in [5, 5.41) is 0. The van der Waals surface area contributed by atoms with Crippen LogP contribution in [0.2, 0.25) is 0 Å². The van der Waals surface area contributed by atoms with Crippen LogP contribution in [-0.4, -0.2) is 30.5 Å². The number of halogens is 1. The Hall–Kier alpha value is -1.30. The minimum atomic E-state index is -0.997. The lowest BCUT2D eigenvalue weighted by Gasteiger charge is -2.24. The molecule has 0 aromatic rings. The Morgan fingerprint density at radius 1 is 1.44 bits per heavy atom. The zero-order valence-corrected chi connectivity index (χ0v) is 10.5. The van der Waals surface area contributed by atoms with E-state index < -0.39 is 16.3 Å². The van der Waals surface area contributed by atoms with E-state index in [0.29, 0.717) is 0 Å². The second-order valence-corrected chi connectivity index (χ2v) is 4.68. The Balaban J connectivity index is 2.97. The topological polar surface area (TPSA) is 78.6 Å². The maximum atomic E-state index is 11.5. The first-order valence-corrected chi connectivity index (χ1v) is 5.28. The van der Waals surface area contributed by atoms with Gasteiger partial charge in [-0.2, -0.15) is 0 Å². The van der Waals surface area contributed by atoms with Crippen molar-refractivity contribution in [3.8, 4) is 0 Å². The fourth-order valence-corrected chi connectivity index (χ4v) is 1.95. The summed E-state index contributed by atoms with van der Waals surface area (Å²) in [6, 6.07) is 0. The van der Waals surface area contributed by atoms with E-state index in [9.17, 15) is 9.59 Å². The predicted octanol–water partition coefficient (Wildman–Crippen LogP) is 0.639. The van der Waals surface area contributed by atoms with Crippen LogP contribution in [0.5, 0.6) is 0 Å². The highest BCUT2D eigenvalue weighted by Gasteiger charge is 2.37. The highest BCUT2D eigenvalue weighted by molar-refractivity contribution is 9.10. The van der Waals surface area contributed by atoms with Gasteiger partial charge in [0.15, 0.2) is 0 Å². The maximum absolute atomic E-state index is 11.5. The van der Waals surface area contributed by atoms with Gasteiger partial charge in [-0.3, -0.25) is 4.79 Å². The van der Waals surface area contributed by atoms with Gasteiger partial charge in [0.05, 0.1) is 19.8 Å². The zero-order chi connectivity index (χ0) is 12.3. The number of carbonyl (C=O) groups excluding carboxylic acids is 2. The average molecular weight is 290 g/mol. The fraction of sp³-hybridized carbons (Fsp3) is 0.400. The van der Waals surface area contributed by atoms with Crippen LogP contribution in [0.25, 0.3) is 0 Å². The number of hydrogen-bond donors (Lipinski definition) is 1. The number of allylic oxidation sites excluding steroid dienone is 1. The predicted molar refractivity (Wildman–Crippen MR) is 60.7 cm³/mol. The van der Waals surface area contributed by atoms with Crippen LogP contribution in [0.4, 0.5) is 0 Å². The van der Waals surface area contributed by atoms with Crippen LogP contribution in [-0.2, 0) is 19.1 Å². The van der Waals surface area contributed by atoms with E-state index in [1.54, 1.807) is 6.08 Å². The molecule has 0 amide bonds. The third kappa shape index (κ3) is 2.27. The molecule has 0 bridgehead atoms. The van der Waals surface area contributed by atoms with Gasteiger partial charge in [0, 0.05) is 5.70 Å². The number of carbonyl (C=O) groups is 2. The molecule has 1 atom stereocenters. The molecule has 6 heteroatoms. The first-order chi connectivity index (χ1) is 7.44. The molecule has 0 aliphatic heterocycles. The lowest BCUT2D eigenvalue weighted by molar-refractivity contribution is -0.142. The number of esters is 2. The molecule has 0 heterocycles. The average Bonchev–Trinajstić information content (AvgIpc) is 2.27. The summed E-state index contributed by atoms with van der Waals surface area (Å²) in [5.74, 6) is -0.983. The van der Waals surface area contributed by atoms with Crippen molar-refractivity contribution < 1.29 is 19.1 Å². The van der Waals surface area contributed by atoms with Crippen molar-refractivity contribution in [2.24, 2.45) is 5.73 Å². The largest absolute Gasteiger partial charge is 0.468 e. The summed E-state index contributed by atoms with van der Waals surface area (Å²) in [6.45, 7) is 0. The highest BCUT2D eigenvalue weighted by atomic mass is 79.9. The van der Waals surface area contributed by atoms with Gasteiger partial charge in [-0.25, -0.2) is 4.79 Å². The molecule has 0 saturated carbocycles.